The molecule has 0 radical (unpaired) electrons. The van der Waals surface area contributed by atoms with Crippen LogP contribution in [0.1, 0.15) is 22.3 Å². The number of furan rings is 1. The molecular formula is C52H34N2O. The van der Waals surface area contributed by atoms with Crippen molar-refractivity contribution in [3.05, 3.63) is 229 Å². The average Bonchev–Trinajstić information content (AvgIpc) is 3.80. The van der Waals surface area contributed by atoms with Gasteiger partial charge in [-0.25, -0.2) is 0 Å². The lowest BCUT2D eigenvalue weighted by Crippen LogP contribution is -2.28. The molecule has 0 amide bonds. The molecule has 0 unspecified atom stereocenters. The van der Waals surface area contributed by atoms with Gasteiger partial charge >= 0.3 is 0 Å². The van der Waals surface area contributed by atoms with Gasteiger partial charge in [0.1, 0.15) is 5.52 Å². The zero-order valence-corrected chi connectivity index (χ0v) is 29.9. The summed E-state index contributed by atoms with van der Waals surface area (Å²) in [6.45, 7) is 0. The van der Waals surface area contributed by atoms with Crippen LogP contribution in [0.2, 0.25) is 0 Å². The molecular weight excluding hydrogens is 669 g/mol. The van der Waals surface area contributed by atoms with Crippen LogP contribution in [-0.4, -0.2) is 4.98 Å². The summed E-state index contributed by atoms with van der Waals surface area (Å²) in [5.74, 6) is 0. The molecule has 258 valence electrons. The van der Waals surface area contributed by atoms with E-state index in [4.69, 9.17) is 9.40 Å². The third kappa shape index (κ3) is 4.66. The topological polar surface area (TPSA) is 29.3 Å². The standard InChI is InChI=1S/C52H34N2O/c1-4-17-35(18-5-1)40-24-13-15-29-47(40)54(48-30-16-27-44-49-51(55-50(44)48)41-25-11-10-19-36(41)34-53-49)39-31-32-43-42-26-12-14-28-45(42)52(46(43)33-39,37-20-6-2-7-21-37)38-22-8-3-9-23-38/h1-34H. The number of hydrogen-bond donors (Lipinski definition) is 0. The lowest BCUT2D eigenvalue weighted by atomic mass is 9.67. The van der Waals surface area contributed by atoms with Crippen molar-refractivity contribution in [1.29, 1.82) is 0 Å². The molecule has 0 saturated carbocycles. The highest BCUT2D eigenvalue weighted by atomic mass is 16.3. The number of hydrogen-bond acceptors (Lipinski definition) is 3. The van der Waals surface area contributed by atoms with Crippen LogP contribution in [0.4, 0.5) is 17.1 Å². The first-order valence-corrected chi connectivity index (χ1v) is 18.8. The van der Waals surface area contributed by atoms with E-state index in [1.165, 1.54) is 33.4 Å². The highest BCUT2D eigenvalue weighted by Gasteiger charge is 2.46. The predicted octanol–water partition coefficient (Wildman–Crippen LogP) is 13.6. The number of anilines is 3. The van der Waals surface area contributed by atoms with Gasteiger partial charge in [0.15, 0.2) is 11.2 Å². The van der Waals surface area contributed by atoms with Crippen LogP contribution in [0.15, 0.2) is 211 Å². The molecule has 55 heavy (non-hydrogen) atoms. The lowest BCUT2D eigenvalue weighted by molar-refractivity contribution is 0.672. The Morgan fingerprint density at radius 1 is 0.436 bits per heavy atom. The largest absolute Gasteiger partial charge is 0.451 e. The lowest BCUT2D eigenvalue weighted by Gasteiger charge is -2.35. The van der Waals surface area contributed by atoms with Gasteiger partial charge in [-0.05, 0) is 69.3 Å². The molecule has 0 spiro atoms. The van der Waals surface area contributed by atoms with Crippen LogP contribution >= 0.6 is 0 Å². The number of para-hydroxylation sites is 2. The Morgan fingerprint density at radius 2 is 1.04 bits per heavy atom. The van der Waals surface area contributed by atoms with Crippen LogP contribution in [0, 0.1) is 0 Å². The second-order valence-electron chi connectivity index (χ2n) is 14.3. The molecule has 0 fully saturated rings. The summed E-state index contributed by atoms with van der Waals surface area (Å²) in [7, 11) is 0. The highest BCUT2D eigenvalue weighted by Crippen LogP contribution is 2.57. The molecule has 0 atom stereocenters. The van der Waals surface area contributed by atoms with Gasteiger partial charge in [0.05, 0.1) is 16.8 Å². The molecule has 1 aliphatic carbocycles. The second kappa shape index (κ2) is 12.4. The summed E-state index contributed by atoms with van der Waals surface area (Å²) >= 11 is 0. The Balaban J connectivity index is 1.24. The third-order valence-corrected chi connectivity index (χ3v) is 11.4. The molecule has 2 aromatic heterocycles. The van der Waals surface area contributed by atoms with Gasteiger partial charge in [0, 0.05) is 33.6 Å². The van der Waals surface area contributed by atoms with Crippen molar-refractivity contribution in [1.82, 2.24) is 4.98 Å². The molecule has 0 aliphatic heterocycles. The zero-order valence-electron chi connectivity index (χ0n) is 29.9. The molecule has 8 aromatic carbocycles. The molecule has 3 nitrogen and oxygen atoms in total. The Kier molecular flexibility index (Phi) is 7.08. The fraction of sp³-hybridized carbons (Fsp3) is 0.0192. The van der Waals surface area contributed by atoms with Gasteiger partial charge in [-0.1, -0.05) is 170 Å². The van der Waals surface area contributed by atoms with Crippen LogP contribution < -0.4 is 4.90 Å². The Bertz CT molecular complexity index is 3000. The summed E-state index contributed by atoms with van der Waals surface area (Å²) in [5.41, 5.74) is 14.7. The van der Waals surface area contributed by atoms with Crippen LogP contribution in [-0.2, 0) is 5.41 Å². The monoisotopic (exact) mass is 702 g/mol. The van der Waals surface area contributed by atoms with Gasteiger partial charge in [0.25, 0.3) is 0 Å². The normalized spacial score (nSPS) is 12.9. The van der Waals surface area contributed by atoms with Gasteiger partial charge in [-0.2, -0.15) is 0 Å². The number of aromatic nitrogens is 1. The van der Waals surface area contributed by atoms with Gasteiger partial charge in [0.2, 0.25) is 0 Å². The van der Waals surface area contributed by atoms with Crippen molar-refractivity contribution in [2.75, 3.05) is 4.90 Å². The fourth-order valence-corrected chi connectivity index (χ4v) is 9.04. The van der Waals surface area contributed by atoms with Crippen LogP contribution in [0.25, 0.3) is 55.1 Å². The quantitative estimate of drug-likeness (QED) is 0.173. The van der Waals surface area contributed by atoms with E-state index >= 15 is 0 Å². The summed E-state index contributed by atoms with van der Waals surface area (Å²) < 4.78 is 6.99. The Morgan fingerprint density at radius 3 is 1.82 bits per heavy atom. The first-order valence-electron chi connectivity index (χ1n) is 18.8. The number of nitrogens with zero attached hydrogens (tertiary/aromatic N) is 2. The number of rotatable bonds is 6. The smallest absolute Gasteiger partial charge is 0.161 e. The summed E-state index contributed by atoms with van der Waals surface area (Å²) in [5, 5.41) is 3.09. The Labute approximate surface area is 319 Å². The maximum atomic E-state index is 6.99. The van der Waals surface area contributed by atoms with Crippen molar-refractivity contribution in [2.24, 2.45) is 0 Å². The maximum Gasteiger partial charge on any atom is 0.161 e. The number of fused-ring (bicyclic) bond motifs is 8. The molecule has 0 bridgehead atoms. The van der Waals surface area contributed by atoms with Crippen molar-refractivity contribution in [3.8, 4) is 22.3 Å². The maximum absolute atomic E-state index is 6.99. The first-order chi connectivity index (χ1) is 27.3. The van der Waals surface area contributed by atoms with E-state index in [0.29, 0.717) is 0 Å². The summed E-state index contributed by atoms with van der Waals surface area (Å²) in [6.07, 6.45) is 1.95. The van der Waals surface area contributed by atoms with Gasteiger partial charge in [-0.15, -0.1) is 0 Å². The number of pyridine rings is 1. The summed E-state index contributed by atoms with van der Waals surface area (Å²) in [4.78, 5) is 7.34. The van der Waals surface area contributed by atoms with E-state index in [1.54, 1.807) is 0 Å². The predicted molar refractivity (Wildman–Crippen MR) is 226 cm³/mol. The van der Waals surface area contributed by atoms with Gasteiger partial charge < -0.3 is 9.32 Å². The zero-order chi connectivity index (χ0) is 36.3. The minimum absolute atomic E-state index is 0.538. The highest BCUT2D eigenvalue weighted by molar-refractivity contribution is 6.15. The Hall–Kier alpha value is -7.23. The molecule has 10 aromatic rings. The molecule has 11 rings (SSSR count). The molecule has 1 aliphatic rings. The molecule has 0 N–H and O–H groups in total. The second-order valence-corrected chi connectivity index (χ2v) is 14.3. The number of benzene rings is 8. The summed E-state index contributed by atoms with van der Waals surface area (Å²) in [6, 6.07) is 72.0. The van der Waals surface area contributed by atoms with Crippen LogP contribution in [0.3, 0.4) is 0 Å². The third-order valence-electron chi connectivity index (χ3n) is 11.4. The average molecular weight is 703 g/mol. The fourth-order valence-electron chi connectivity index (χ4n) is 9.04. The van der Waals surface area contributed by atoms with E-state index in [1.807, 2.05) is 12.3 Å². The molecule has 2 heterocycles. The van der Waals surface area contributed by atoms with E-state index in [2.05, 4.69) is 199 Å². The van der Waals surface area contributed by atoms with Crippen molar-refractivity contribution < 1.29 is 4.42 Å². The molecule has 3 heteroatoms. The van der Waals surface area contributed by atoms with Crippen molar-refractivity contribution >= 4 is 49.9 Å². The van der Waals surface area contributed by atoms with E-state index in [0.717, 1.165) is 61.0 Å². The van der Waals surface area contributed by atoms with Gasteiger partial charge in [-0.3, -0.25) is 4.98 Å². The van der Waals surface area contributed by atoms with E-state index < -0.39 is 5.41 Å². The SMILES string of the molecule is c1ccc(-c2ccccc2N(c2ccc3c(c2)C(c2ccccc2)(c2ccccc2)c2ccccc2-3)c2cccc3c2oc2c4ccccc4cnc32)cc1. The van der Waals surface area contributed by atoms with Crippen molar-refractivity contribution in [2.45, 2.75) is 5.41 Å². The van der Waals surface area contributed by atoms with Crippen LogP contribution in [0.5, 0.6) is 0 Å². The van der Waals surface area contributed by atoms with Crippen molar-refractivity contribution in [3.63, 3.8) is 0 Å². The minimum atomic E-state index is -0.538. The first kappa shape index (κ1) is 31.3. The van der Waals surface area contributed by atoms with E-state index in [9.17, 15) is 0 Å². The minimum Gasteiger partial charge on any atom is -0.451 e. The molecule has 0 saturated heterocycles. The van der Waals surface area contributed by atoms with E-state index in [-0.39, 0.29) is 0 Å².